The van der Waals surface area contributed by atoms with Crippen molar-refractivity contribution >= 4 is 61.1 Å². The maximum absolute atomic E-state index is 6.16. The third kappa shape index (κ3) is 4.80. The summed E-state index contributed by atoms with van der Waals surface area (Å²) in [5.74, 6) is 0.321. The summed E-state index contributed by atoms with van der Waals surface area (Å²) in [6, 6.07) is 62.7. The van der Waals surface area contributed by atoms with E-state index in [4.69, 9.17) is 4.42 Å². The molecule has 12 rings (SSSR count). The minimum Gasteiger partial charge on any atom is -0.456 e. The maximum atomic E-state index is 6.16. The van der Waals surface area contributed by atoms with Crippen LogP contribution in [-0.2, 0) is 5.41 Å². The van der Waals surface area contributed by atoms with E-state index in [-0.39, 0.29) is 11.5 Å². The first-order valence-electron chi connectivity index (χ1n) is 20.3. The molecule has 2 unspecified atom stereocenters. The summed E-state index contributed by atoms with van der Waals surface area (Å²) in [6.07, 6.45) is 9.11. The van der Waals surface area contributed by atoms with Crippen molar-refractivity contribution in [2.75, 3.05) is 9.80 Å². The molecule has 0 bridgehead atoms. The van der Waals surface area contributed by atoms with Crippen LogP contribution in [-0.4, -0.2) is 6.04 Å². The Kier molecular flexibility index (Phi) is 7.10. The second-order valence-corrected chi connectivity index (χ2v) is 16.5. The van der Waals surface area contributed by atoms with Crippen molar-refractivity contribution in [3.63, 3.8) is 0 Å². The molecule has 8 aromatic carbocycles. The van der Waals surface area contributed by atoms with Crippen LogP contribution in [0, 0.1) is 0 Å². The summed E-state index contributed by atoms with van der Waals surface area (Å²) in [7, 11) is 0. The van der Waals surface area contributed by atoms with E-state index >= 15 is 0 Å². The Morgan fingerprint density at radius 2 is 1.19 bits per heavy atom. The molecule has 0 N–H and O–H groups in total. The quantitative estimate of drug-likeness (QED) is 0.175. The molecule has 0 spiro atoms. The smallest absolute Gasteiger partial charge is 0.135 e. The first kappa shape index (κ1) is 33.1. The fourth-order valence-corrected chi connectivity index (χ4v) is 10.2. The summed E-state index contributed by atoms with van der Waals surface area (Å²) in [5.41, 5.74) is 16.7. The summed E-state index contributed by atoms with van der Waals surface area (Å²) in [5, 5.41) is 4.72. The van der Waals surface area contributed by atoms with Gasteiger partial charge in [0.2, 0.25) is 0 Å². The fraction of sp³-hybridized carbons (Fsp3) is 0.0909. The predicted molar refractivity (Wildman–Crippen MR) is 242 cm³/mol. The summed E-state index contributed by atoms with van der Waals surface area (Å²) < 4.78 is 6.16. The van der Waals surface area contributed by atoms with E-state index in [1.54, 1.807) is 0 Å². The highest BCUT2D eigenvalue weighted by molar-refractivity contribution is 6.08. The number of rotatable bonds is 5. The predicted octanol–water partition coefficient (Wildman–Crippen LogP) is 14.9. The Morgan fingerprint density at radius 3 is 2.09 bits per heavy atom. The lowest BCUT2D eigenvalue weighted by Gasteiger charge is -2.32. The molecule has 2 atom stereocenters. The lowest BCUT2D eigenvalue weighted by Crippen LogP contribution is -2.28. The number of nitrogens with zero attached hydrogens (tertiary/aromatic N) is 2. The Labute approximate surface area is 338 Å². The topological polar surface area (TPSA) is 19.6 Å². The molecular formula is C55H40N2O. The number of anilines is 5. The van der Waals surface area contributed by atoms with E-state index in [1.165, 1.54) is 61.1 Å². The van der Waals surface area contributed by atoms with Crippen molar-refractivity contribution in [1.29, 1.82) is 0 Å². The zero-order valence-electron chi connectivity index (χ0n) is 32.4. The minimum atomic E-state index is -0.124. The van der Waals surface area contributed by atoms with Gasteiger partial charge in [-0.2, -0.15) is 0 Å². The third-order valence-electron chi connectivity index (χ3n) is 13.0. The summed E-state index contributed by atoms with van der Waals surface area (Å²) in [6.45, 7) is 4.72. The highest BCUT2D eigenvalue weighted by Crippen LogP contribution is 2.53. The number of furan rings is 1. The maximum Gasteiger partial charge on any atom is 0.135 e. The molecule has 0 fully saturated rings. The lowest BCUT2D eigenvalue weighted by atomic mass is 9.82. The third-order valence-corrected chi connectivity index (χ3v) is 13.0. The first-order valence-corrected chi connectivity index (χ1v) is 20.3. The van der Waals surface area contributed by atoms with E-state index in [0.29, 0.717) is 5.92 Å². The lowest BCUT2D eigenvalue weighted by molar-refractivity contribution is 0.660. The van der Waals surface area contributed by atoms with E-state index in [1.807, 2.05) is 12.1 Å². The first-order chi connectivity index (χ1) is 28.5. The van der Waals surface area contributed by atoms with Crippen LogP contribution in [0.15, 0.2) is 199 Å². The van der Waals surface area contributed by atoms with Gasteiger partial charge in [-0.3, -0.25) is 0 Å². The van der Waals surface area contributed by atoms with Crippen LogP contribution in [0.2, 0.25) is 0 Å². The van der Waals surface area contributed by atoms with Crippen molar-refractivity contribution in [3.8, 4) is 22.3 Å². The van der Waals surface area contributed by atoms with Gasteiger partial charge >= 0.3 is 0 Å². The van der Waals surface area contributed by atoms with Crippen LogP contribution in [0.1, 0.15) is 36.5 Å². The van der Waals surface area contributed by atoms with E-state index in [0.717, 1.165) is 39.0 Å². The monoisotopic (exact) mass is 744 g/mol. The molecule has 9 aromatic rings. The fourth-order valence-electron chi connectivity index (χ4n) is 10.2. The standard InChI is InChI=1S/C55H40N2O/c1-55(2)47-19-9-5-13-39(47)40-29-28-38(34-48(40)55)56(37-26-23-35(24-27-37)36-25-32-54-46(33-36)45-18-8-12-22-53(45)58-54)51-30-31-52(44-15-4-3-14-43(44)51)57-49-20-10-6-16-41(49)42-17-7-11-21-50(42)57/h3-34,41,49H,1-2H3. The molecule has 276 valence electrons. The van der Waals surface area contributed by atoms with E-state index in [2.05, 4.69) is 206 Å². The van der Waals surface area contributed by atoms with Gasteiger partial charge in [-0.15, -0.1) is 0 Å². The van der Waals surface area contributed by atoms with Crippen LogP contribution >= 0.6 is 0 Å². The molecule has 3 nitrogen and oxygen atoms in total. The van der Waals surface area contributed by atoms with Gasteiger partial charge in [0.1, 0.15) is 11.2 Å². The Morgan fingerprint density at radius 1 is 0.500 bits per heavy atom. The van der Waals surface area contributed by atoms with Gasteiger partial charge < -0.3 is 14.2 Å². The van der Waals surface area contributed by atoms with Gasteiger partial charge in [0.15, 0.2) is 0 Å². The molecule has 0 radical (unpaired) electrons. The van der Waals surface area contributed by atoms with Crippen LogP contribution in [0.25, 0.3) is 55.0 Å². The average Bonchev–Trinajstić information content (AvgIpc) is 3.89. The number of para-hydroxylation sites is 2. The number of fused-ring (bicyclic) bond motifs is 10. The highest BCUT2D eigenvalue weighted by atomic mass is 16.3. The number of allylic oxidation sites excluding steroid dienone is 2. The van der Waals surface area contributed by atoms with Gasteiger partial charge in [0.05, 0.1) is 11.7 Å². The molecule has 1 aromatic heterocycles. The Hall–Kier alpha value is -7.10. The van der Waals surface area contributed by atoms with Crippen LogP contribution in [0.3, 0.4) is 0 Å². The van der Waals surface area contributed by atoms with Gasteiger partial charge in [0, 0.05) is 55.6 Å². The summed E-state index contributed by atoms with van der Waals surface area (Å²) >= 11 is 0. The van der Waals surface area contributed by atoms with Crippen molar-refractivity contribution in [3.05, 3.63) is 211 Å². The van der Waals surface area contributed by atoms with Crippen molar-refractivity contribution in [2.45, 2.75) is 31.2 Å². The number of hydrogen-bond acceptors (Lipinski definition) is 3. The average molecular weight is 745 g/mol. The molecule has 0 amide bonds. The van der Waals surface area contributed by atoms with Gasteiger partial charge in [-0.05, 0) is 99.6 Å². The molecule has 3 heteroatoms. The SMILES string of the molecule is CC1(C)c2ccccc2-c2ccc(N(c3ccc(-c4ccc5oc6ccccc6c5c4)cc3)c3ccc(N4c5ccccc5C5C=CC=CC54)c4ccccc34)cc21. The minimum absolute atomic E-state index is 0.124. The normalized spacial score (nSPS) is 17.1. The Bertz CT molecular complexity index is 3180. The Balaban J connectivity index is 1.03. The van der Waals surface area contributed by atoms with Crippen molar-refractivity contribution < 1.29 is 4.42 Å². The molecule has 2 heterocycles. The second-order valence-electron chi connectivity index (χ2n) is 16.5. The largest absolute Gasteiger partial charge is 0.456 e. The molecular weight excluding hydrogens is 705 g/mol. The van der Waals surface area contributed by atoms with E-state index in [9.17, 15) is 0 Å². The van der Waals surface area contributed by atoms with Crippen LogP contribution in [0.4, 0.5) is 28.4 Å². The number of benzene rings is 8. The molecule has 0 saturated carbocycles. The van der Waals surface area contributed by atoms with Gasteiger partial charge in [0.25, 0.3) is 0 Å². The second kappa shape index (κ2) is 12.4. The molecule has 0 saturated heterocycles. The highest BCUT2D eigenvalue weighted by Gasteiger charge is 2.39. The van der Waals surface area contributed by atoms with Gasteiger partial charge in [-0.1, -0.05) is 147 Å². The molecule has 2 aliphatic carbocycles. The zero-order valence-corrected chi connectivity index (χ0v) is 32.4. The molecule has 1 aliphatic heterocycles. The molecule has 3 aliphatic rings. The van der Waals surface area contributed by atoms with E-state index < -0.39 is 0 Å². The van der Waals surface area contributed by atoms with Crippen molar-refractivity contribution in [1.82, 2.24) is 0 Å². The molecule has 58 heavy (non-hydrogen) atoms. The number of hydrogen-bond donors (Lipinski definition) is 0. The van der Waals surface area contributed by atoms with Crippen molar-refractivity contribution in [2.24, 2.45) is 0 Å². The van der Waals surface area contributed by atoms with Gasteiger partial charge in [-0.25, -0.2) is 0 Å². The zero-order chi connectivity index (χ0) is 38.5. The van der Waals surface area contributed by atoms with Crippen LogP contribution in [0.5, 0.6) is 0 Å². The van der Waals surface area contributed by atoms with Crippen LogP contribution < -0.4 is 9.80 Å². The summed E-state index contributed by atoms with van der Waals surface area (Å²) in [4.78, 5) is 5.02.